The molecule has 10 heteroatoms. The quantitative estimate of drug-likeness (QED) is 0.362. The van der Waals surface area contributed by atoms with E-state index in [1.54, 1.807) is 6.08 Å². The number of anilines is 2. The third kappa shape index (κ3) is 5.10. The molecule has 0 saturated carbocycles. The third-order valence-electron chi connectivity index (χ3n) is 9.59. The van der Waals surface area contributed by atoms with Gasteiger partial charge in [0.25, 0.3) is 0 Å². The fourth-order valence-electron chi connectivity index (χ4n) is 7.47. The molecule has 222 valence electrons. The van der Waals surface area contributed by atoms with Gasteiger partial charge in [-0.2, -0.15) is 9.97 Å². The topological polar surface area (TPSA) is 77.0 Å². The molecule has 42 heavy (non-hydrogen) atoms. The van der Waals surface area contributed by atoms with E-state index in [0.29, 0.717) is 38.7 Å². The van der Waals surface area contributed by atoms with Gasteiger partial charge in [0.05, 0.1) is 22.8 Å². The molecule has 8 nitrogen and oxygen atoms in total. The van der Waals surface area contributed by atoms with E-state index in [0.717, 1.165) is 83.9 Å². The van der Waals surface area contributed by atoms with Gasteiger partial charge in [-0.05, 0) is 55.8 Å². The lowest BCUT2D eigenvalue weighted by molar-refractivity contribution is 0.0610. The lowest BCUT2D eigenvalue weighted by Gasteiger charge is -2.33. The number of hydrogen-bond donors (Lipinski definition) is 2. The molecule has 7 rings (SSSR count). The zero-order chi connectivity index (χ0) is 28.8. The largest absolute Gasteiger partial charge is 0.461 e. The number of halogens is 2. The number of rotatable bonds is 8. The van der Waals surface area contributed by atoms with E-state index in [1.165, 1.54) is 0 Å². The second-order valence-electron chi connectivity index (χ2n) is 12.2. The van der Waals surface area contributed by atoms with Crippen LogP contribution in [0.2, 0.25) is 5.02 Å². The van der Waals surface area contributed by atoms with Crippen LogP contribution in [0.25, 0.3) is 10.8 Å². The average molecular weight is 593 g/mol. The van der Waals surface area contributed by atoms with Crippen LogP contribution in [0, 0.1) is 0 Å². The number of aliphatic hydroxyl groups excluding tert-OH is 1. The molecule has 3 aromatic rings. The fraction of sp³-hybridized carbons (Fsp3) is 0.500. The van der Waals surface area contributed by atoms with Gasteiger partial charge in [-0.3, -0.25) is 9.80 Å². The third-order valence-corrected chi connectivity index (χ3v) is 9.91. The molecular weight excluding hydrogens is 555 g/mol. The second-order valence-corrected chi connectivity index (χ2v) is 12.6. The molecule has 4 aliphatic rings. The number of hydrogen-bond acceptors (Lipinski definition) is 8. The fourth-order valence-corrected chi connectivity index (χ4v) is 7.75. The van der Waals surface area contributed by atoms with Crippen molar-refractivity contribution in [1.29, 1.82) is 0 Å². The summed E-state index contributed by atoms with van der Waals surface area (Å²) in [5.41, 5.74) is 2.84. The van der Waals surface area contributed by atoms with Gasteiger partial charge in [0.1, 0.15) is 24.8 Å². The average Bonchev–Trinajstić information content (AvgIpc) is 3.69. The van der Waals surface area contributed by atoms with Crippen molar-refractivity contribution in [2.45, 2.75) is 62.6 Å². The van der Waals surface area contributed by atoms with E-state index < -0.39 is 12.4 Å². The van der Waals surface area contributed by atoms with E-state index in [1.807, 2.05) is 17.0 Å². The zero-order valence-corrected chi connectivity index (χ0v) is 24.6. The molecule has 0 amide bonds. The number of aromatic nitrogens is 2. The number of nitrogens with zero attached hydrogens (tertiary/aromatic N) is 5. The maximum atomic E-state index is 14.4. The van der Waals surface area contributed by atoms with Crippen LogP contribution in [0.4, 0.5) is 15.9 Å². The molecular formula is C32H38ClFN6O2. The molecule has 2 N–H and O–H groups in total. The Hall–Kier alpha value is -2.98. The van der Waals surface area contributed by atoms with Crippen molar-refractivity contribution < 1.29 is 14.2 Å². The molecule has 1 unspecified atom stereocenters. The highest BCUT2D eigenvalue weighted by Gasteiger charge is 2.49. The monoisotopic (exact) mass is 592 g/mol. The summed E-state index contributed by atoms with van der Waals surface area (Å²) >= 11 is 6.69. The Morgan fingerprint density at radius 2 is 2.05 bits per heavy atom. The van der Waals surface area contributed by atoms with Crippen LogP contribution < -0.4 is 15.0 Å². The molecule has 4 atom stereocenters. The Kier molecular flexibility index (Phi) is 7.46. The summed E-state index contributed by atoms with van der Waals surface area (Å²) in [6, 6.07) is 12.7. The molecule has 0 aliphatic carbocycles. The van der Waals surface area contributed by atoms with Crippen molar-refractivity contribution in [3.8, 4) is 6.01 Å². The van der Waals surface area contributed by atoms with Gasteiger partial charge in [-0.1, -0.05) is 42.4 Å². The van der Waals surface area contributed by atoms with E-state index >= 15 is 0 Å². The minimum absolute atomic E-state index is 0.132. The van der Waals surface area contributed by atoms with E-state index in [4.69, 9.17) is 26.3 Å². The van der Waals surface area contributed by atoms with Crippen molar-refractivity contribution in [2.24, 2.45) is 0 Å². The number of benzene rings is 2. The van der Waals surface area contributed by atoms with Gasteiger partial charge in [0, 0.05) is 55.3 Å². The van der Waals surface area contributed by atoms with Crippen molar-refractivity contribution in [3.63, 3.8) is 0 Å². The molecule has 4 aliphatic heterocycles. The summed E-state index contributed by atoms with van der Waals surface area (Å²) in [5, 5.41) is 16.8. The lowest BCUT2D eigenvalue weighted by atomic mass is 9.95. The van der Waals surface area contributed by atoms with E-state index in [2.05, 4.69) is 46.0 Å². The number of ether oxygens (including phenoxy) is 1. The van der Waals surface area contributed by atoms with Crippen LogP contribution in [0.15, 0.2) is 49.1 Å². The predicted octanol–water partition coefficient (Wildman–Crippen LogP) is 4.79. The van der Waals surface area contributed by atoms with E-state index in [9.17, 15) is 9.50 Å². The van der Waals surface area contributed by atoms with Crippen LogP contribution in [-0.4, -0.2) is 88.2 Å². The molecule has 5 heterocycles. The Morgan fingerprint density at radius 3 is 2.90 bits per heavy atom. The first-order valence-corrected chi connectivity index (χ1v) is 15.5. The molecule has 1 aromatic heterocycles. The van der Waals surface area contributed by atoms with Crippen LogP contribution in [0.1, 0.15) is 36.9 Å². The van der Waals surface area contributed by atoms with E-state index in [-0.39, 0.29) is 11.6 Å². The maximum absolute atomic E-state index is 14.4. The smallest absolute Gasteiger partial charge is 0.318 e. The number of likely N-dealkylation sites (tertiary alicyclic amines) is 1. The highest BCUT2D eigenvalue weighted by atomic mass is 35.5. The normalized spacial score (nSPS) is 26.8. The maximum Gasteiger partial charge on any atom is 0.318 e. The van der Waals surface area contributed by atoms with Crippen molar-refractivity contribution in [2.75, 3.05) is 49.5 Å². The Balaban J connectivity index is 1.19. The zero-order valence-electron chi connectivity index (χ0n) is 23.8. The molecule has 0 radical (unpaired) electrons. The number of aliphatic hydroxyl groups is 1. The van der Waals surface area contributed by atoms with Crippen molar-refractivity contribution in [3.05, 3.63) is 65.3 Å². The minimum Gasteiger partial charge on any atom is -0.461 e. The molecule has 0 bridgehead atoms. The first kappa shape index (κ1) is 27.8. The van der Waals surface area contributed by atoms with Gasteiger partial charge >= 0.3 is 6.01 Å². The van der Waals surface area contributed by atoms with Gasteiger partial charge in [0.15, 0.2) is 0 Å². The molecule has 0 spiro atoms. The van der Waals surface area contributed by atoms with Crippen LogP contribution in [0.5, 0.6) is 6.01 Å². The predicted molar refractivity (Wildman–Crippen MR) is 164 cm³/mol. The van der Waals surface area contributed by atoms with Gasteiger partial charge in [-0.25, -0.2) is 4.39 Å². The van der Waals surface area contributed by atoms with Gasteiger partial charge < -0.3 is 20.1 Å². The summed E-state index contributed by atoms with van der Waals surface area (Å²) in [7, 11) is 0. The summed E-state index contributed by atoms with van der Waals surface area (Å²) < 4.78 is 20.8. The number of alkyl halides is 1. The first-order valence-electron chi connectivity index (χ1n) is 15.1. The SMILES string of the molecule is C=CC(O)N1CC[C@H](Nc2nc(OC[C@@]34CCCN3C[C@H](F)C4)nc3c2CCN(c2cccc4cccc(Cl)c24)C3)C1. The Bertz CT molecular complexity index is 1490. The lowest BCUT2D eigenvalue weighted by Crippen LogP contribution is -2.43. The summed E-state index contributed by atoms with van der Waals surface area (Å²) in [6.07, 6.45) is 4.24. The minimum atomic E-state index is -0.812. The van der Waals surface area contributed by atoms with Crippen LogP contribution >= 0.6 is 11.6 Å². The van der Waals surface area contributed by atoms with Gasteiger partial charge in [-0.15, -0.1) is 0 Å². The Labute approximate surface area is 251 Å². The first-order chi connectivity index (χ1) is 20.4. The van der Waals surface area contributed by atoms with Gasteiger partial charge in [0.2, 0.25) is 0 Å². The molecule has 3 saturated heterocycles. The van der Waals surface area contributed by atoms with Crippen molar-refractivity contribution >= 4 is 33.9 Å². The molecule has 3 fully saturated rings. The summed E-state index contributed by atoms with van der Waals surface area (Å²) in [4.78, 5) is 16.4. The number of nitrogens with one attached hydrogen (secondary N) is 1. The highest BCUT2D eigenvalue weighted by Crippen LogP contribution is 2.41. The van der Waals surface area contributed by atoms with Crippen LogP contribution in [0.3, 0.4) is 0 Å². The second kappa shape index (κ2) is 11.3. The highest BCUT2D eigenvalue weighted by molar-refractivity contribution is 6.36. The standard InChI is InChI=1S/C32H38ClFN6O2/c1-2-28(41)39-14-10-23(18-39)35-30-24-11-15-38(27-9-4-7-21-6-3-8-25(33)29(21)27)19-26(24)36-31(37-30)42-20-32-12-5-13-40(32)17-22(34)16-32/h2-4,6-9,22-23,28,41H,1,5,10-20H2,(H,35,36,37)/t22-,23+,28?,32+/m1/s1. The summed E-state index contributed by atoms with van der Waals surface area (Å²) in [5.74, 6) is 0.793. The van der Waals surface area contributed by atoms with Crippen molar-refractivity contribution in [1.82, 2.24) is 19.8 Å². The number of fused-ring (bicyclic) bond motifs is 3. The summed E-state index contributed by atoms with van der Waals surface area (Å²) in [6.45, 7) is 8.39. The Morgan fingerprint density at radius 1 is 1.19 bits per heavy atom. The molecule has 2 aromatic carbocycles. The van der Waals surface area contributed by atoms with Crippen LogP contribution in [-0.2, 0) is 13.0 Å².